The van der Waals surface area contributed by atoms with Crippen molar-refractivity contribution in [1.82, 2.24) is 0 Å². The van der Waals surface area contributed by atoms with E-state index in [0.717, 1.165) is 22.3 Å². The molecule has 1 atom stereocenters. The first-order chi connectivity index (χ1) is 16.2. The molecule has 1 unspecified atom stereocenters. The van der Waals surface area contributed by atoms with Gasteiger partial charge in [-0.3, -0.25) is 4.79 Å². The summed E-state index contributed by atoms with van der Waals surface area (Å²) in [5, 5.41) is 9.24. The molecule has 3 aromatic carbocycles. The number of anilines is 1. The van der Waals surface area contributed by atoms with Gasteiger partial charge in [0.1, 0.15) is 18.8 Å². The van der Waals surface area contributed by atoms with Gasteiger partial charge in [0.2, 0.25) is 0 Å². The molecule has 0 fully saturated rings. The lowest BCUT2D eigenvalue weighted by atomic mass is 9.98. The van der Waals surface area contributed by atoms with Crippen LogP contribution in [-0.2, 0) is 9.53 Å². The fourth-order valence-corrected chi connectivity index (χ4v) is 4.66. The molecule has 1 heterocycles. The van der Waals surface area contributed by atoms with E-state index in [1.165, 1.54) is 24.3 Å². The fourth-order valence-electron chi connectivity index (χ4n) is 4.66. The molecule has 0 spiro atoms. The van der Waals surface area contributed by atoms with Gasteiger partial charge in [-0.15, -0.1) is 0 Å². The van der Waals surface area contributed by atoms with Gasteiger partial charge in [0.05, 0.1) is 5.69 Å². The number of benzene rings is 3. The van der Waals surface area contributed by atoms with Gasteiger partial charge >= 0.3 is 18.2 Å². The Kier molecular flexibility index (Phi) is 5.00. The lowest BCUT2D eigenvalue weighted by molar-refractivity contribution is -0.244. The predicted molar refractivity (Wildman–Crippen MR) is 116 cm³/mol. The Morgan fingerprint density at radius 1 is 0.941 bits per heavy atom. The van der Waals surface area contributed by atoms with Crippen molar-refractivity contribution in [3.63, 3.8) is 0 Å². The van der Waals surface area contributed by atoms with Crippen LogP contribution in [0.1, 0.15) is 23.5 Å². The van der Waals surface area contributed by atoms with Crippen LogP contribution >= 0.6 is 0 Å². The van der Waals surface area contributed by atoms with Crippen LogP contribution in [0.4, 0.5) is 23.7 Å². The Morgan fingerprint density at radius 3 is 2.09 bits per heavy atom. The van der Waals surface area contributed by atoms with E-state index in [1.807, 2.05) is 48.5 Å². The Balaban J connectivity index is 1.49. The van der Waals surface area contributed by atoms with Gasteiger partial charge in [0.25, 0.3) is 5.72 Å². The Bertz CT molecular complexity index is 1250. The lowest BCUT2D eigenvalue weighted by Crippen LogP contribution is -2.63. The van der Waals surface area contributed by atoms with Gasteiger partial charge in [-0.25, -0.2) is 9.69 Å². The second-order valence-electron chi connectivity index (χ2n) is 8.06. The van der Waals surface area contributed by atoms with Gasteiger partial charge in [0.15, 0.2) is 0 Å². The van der Waals surface area contributed by atoms with Crippen LogP contribution in [0.5, 0.6) is 5.75 Å². The highest BCUT2D eigenvalue weighted by molar-refractivity contribution is 5.94. The predicted octanol–water partition coefficient (Wildman–Crippen LogP) is 5.57. The number of amides is 1. The monoisotopic (exact) mass is 469 g/mol. The molecule has 174 valence electrons. The van der Waals surface area contributed by atoms with E-state index in [9.17, 15) is 27.9 Å². The van der Waals surface area contributed by atoms with E-state index in [4.69, 9.17) is 9.47 Å². The van der Waals surface area contributed by atoms with Crippen molar-refractivity contribution in [3.05, 3.63) is 83.9 Å². The molecular formula is C25H18F3NO5. The van der Waals surface area contributed by atoms with Gasteiger partial charge in [-0.05, 0) is 34.4 Å². The van der Waals surface area contributed by atoms with E-state index < -0.39 is 30.4 Å². The first-order valence-corrected chi connectivity index (χ1v) is 10.4. The average Bonchev–Trinajstić information content (AvgIpc) is 3.30. The normalized spacial score (nSPS) is 18.6. The van der Waals surface area contributed by atoms with E-state index in [1.54, 1.807) is 0 Å². The number of carboxylic acid groups (broad SMARTS) is 1. The average molecular weight is 469 g/mol. The van der Waals surface area contributed by atoms with Crippen molar-refractivity contribution in [1.29, 1.82) is 0 Å². The fraction of sp³-hybridized carbons (Fsp3) is 0.200. The number of aliphatic carboxylic acids is 1. The second-order valence-corrected chi connectivity index (χ2v) is 8.06. The molecule has 3 aromatic rings. The SMILES string of the molecule is O=C(O)CC1(C(F)(F)F)Oc2ccccc2N1C(=O)OCC1c2ccccc2-c2ccccc21. The molecule has 1 N–H and O–H groups in total. The Labute approximate surface area is 192 Å². The second kappa shape index (κ2) is 7.79. The zero-order chi connectivity index (χ0) is 24.1. The first-order valence-electron chi connectivity index (χ1n) is 10.4. The van der Waals surface area contributed by atoms with Crippen molar-refractivity contribution < 1.29 is 37.3 Å². The third kappa shape index (κ3) is 3.27. The molecule has 0 saturated heterocycles. The summed E-state index contributed by atoms with van der Waals surface area (Å²) in [4.78, 5) is 24.8. The molecular weight excluding hydrogens is 451 g/mol. The maximum atomic E-state index is 14.2. The Hall–Kier alpha value is -4.01. The van der Waals surface area contributed by atoms with Gasteiger partial charge in [-0.2, -0.15) is 13.2 Å². The quantitative estimate of drug-likeness (QED) is 0.541. The van der Waals surface area contributed by atoms with Crippen LogP contribution in [-0.4, -0.2) is 35.7 Å². The minimum Gasteiger partial charge on any atom is -0.481 e. The summed E-state index contributed by atoms with van der Waals surface area (Å²) in [7, 11) is 0. The number of hydrogen-bond acceptors (Lipinski definition) is 4. The summed E-state index contributed by atoms with van der Waals surface area (Å²) < 4.78 is 53.3. The maximum absolute atomic E-state index is 14.2. The van der Waals surface area contributed by atoms with E-state index in [0.29, 0.717) is 0 Å². The summed E-state index contributed by atoms with van der Waals surface area (Å²) >= 11 is 0. The van der Waals surface area contributed by atoms with Crippen LogP contribution in [0, 0.1) is 0 Å². The van der Waals surface area contributed by atoms with Crippen molar-refractivity contribution in [2.45, 2.75) is 24.2 Å². The van der Waals surface area contributed by atoms with Crippen molar-refractivity contribution >= 4 is 17.7 Å². The number of carbonyl (C=O) groups is 2. The minimum absolute atomic E-state index is 0.210. The van der Waals surface area contributed by atoms with Crippen LogP contribution in [0.25, 0.3) is 11.1 Å². The highest BCUT2D eigenvalue weighted by atomic mass is 19.4. The largest absolute Gasteiger partial charge is 0.481 e. The van der Waals surface area contributed by atoms with Crippen LogP contribution < -0.4 is 9.64 Å². The van der Waals surface area contributed by atoms with Crippen molar-refractivity contribution in [2.24, 2.45) is 0 Å². The van der Waals surface area contributed by atoms with Gasteiger partial charge in [-0.1, -0.05) is 60.7 Å². The van der Waals surface area contributed by atoms with Crippen molar-refractivity contribution in [2.75, 3.05) is 11.5 Å². The van der Waals surface area contributed by atoms with E-state index in [2.05, 4.69) is 0 Å². The molecule has 0 radical (unpaired) electrons. The van der Waals surface area contributed by atoms with Gasteiger partial charge in [0, 0.05) is 5.92 Å². The standard InChI is InChI=1S/C25H18F3NO5/c26-25(27,28)24(13-22(30)31)29(20-11-5-6-12-21(20)34-24)23(32)33-14-19-17-9-3-1-7-15(17)16-8-2-4-10-18(16)19/h1-12,19H,13-14H2,(H,30,31). The third-order valence-electron chi connectivity index (χ3n) is 6.10. The number of fused-ring (bicyclic) bond motifs is 4. The van der Waals surface area contributed by atoms with E-state index in [-0.39, 0.29) is 28.9 Å². The number of para-hydroxylation sites is 2. The van der Waals surface area contributed by atoms with Crippen LogP contribution in [0.15, 0.2) is 72.8 Å². The molecule has 6 nitrogen and oxygen atoms in total. The molecule has 34 heavy (non-hydrogen) atoms. The zero-order valence-electron chi connectivity index (χ0n) is 17.6. The molecule has 9 heteroatoms. The Morgan fingerprint density at radius 2 is 1.50 bits per heavy atom. The summed E-state index contributed by atoms with van der Waals surface area (Å²) in [5.41, 5.74) is 0.0715. The molecule has 2 aliphatic rings. The number of nitrogens with zero attached hydrogens (tertiary/aromatic N) is 1. The summed E-state index contributed by atoms with van der Waals surface area (Å²) in [6.45, 7) is -0.230. The number of carbonyl (C=O) groups excluding carboxylic acids is 1. The van der Waals surface area contributed by atoms with Crippen LogP contribution in [0.2, 0.25) is 0 Å². The molecule has 1 aliphatic heterocycles. The highest BCUT2D eigenvalue weighted by Gasteiger charge is 2.68. The number of alkyl halides is 3. The summed E-state index contributed by atoms with van der Waals surface area (Å²) in [6.07, 6.45) is -8.06. The topological polar surface area (TPSA) is 76.1 Å². The van der Waals surface area contributed by atoms with Gasteiger partial charge < -0.3 is 14.6 Å². The minimum atomic E-state index is -5.21. The highest BCUT2D eigenvalue weighted by Crippen LogP contribution is 2.51. The molecule has 1 amide bonds. The smallest absolute Gasteiger partial charge is 0.449 e. The van der Waals surface area contributed by atoms with Crippen LogP contribution in [0.3, 0.4) is 0 Å². The lowest BCUT2D eigenvalue weighted by Gasteiger charge is -2.36. The first kappa shape index (κ1) is 21.8. The zero-order valence-corrected chi connectivity index (χ0v) is 17.6. The number of rotatable bonds is 4. The molecule has 0 aromatic heterocycles. The van der Waals surface area contributed by atoms with E-state index >= 15 is 0 Å². The maximum Gasteiger partial charge on any atom is 0.449 e. The number of hydrogen-bond donors (Lipinski definition) is 1. The summed E-state index contributed by atoms with van der Waals surface area (Å²) in [6, 6.07) is 20.4. The molecule has 1 aliphatic carbocycles. The number of carboxylic acids is 1. The summed E-state index contributed by atoms with van der Waals surface area (Å²) in [5.74, 6) is -2.41. The van der Waals surface area contributed by atoms with Crippen molar-refractivity contribution in [3.8, 4) is 16.9 Å². The molecule has 5 rings (SSSR count). The third-order valence-corrected chi connectivity index (χ3v) is 6.10. The molecule has 0 saturated carbocycles. The molecule has 0 bridgehead atoms. The number of halogens is 3. The number of ether oxygens (including phenoxy) is 2.